The molecule has 0 atom stereocenters. The largest absolute Gasteiger partial charge is 0.266 e. The van der Waals surface area contributed by atoms with E-state index < -0.39 is 6.08 Å². The van der Waals surface area contributed by atoms with Crippen LogP contribution in [0.25, 0.3) is 11.1 Å². The molecular weight excluding hydrogens is 230 g/mol. The van der Waals surface area contributed by atoms with E-state index in [4.69, 9.17) is 0 Å². The lowest BCUT2D eigenvalue weighted by Crippen LogP contribution is -1.84. The fraction of sp³-hybridized carbons (Fsp3) is 0.125. The van der Waals surface area contributed by atoms with Crippen LogP contribution in [-0.4, -0.2) is 0 Å². The van der Waals surface area contributed by atoms with Crippen molar-refractivity contribution in [2.45, 2.75) is 12.8 Å². The maximum Gasteiger partial charge on any atom is 0.266 e. The maximum absolute atomic E-state index is 11.9. The topological polar surface area (TPSA) is 0 Å². The molecule has 0 bridgehead atoms. The van der Waals surface area contributed by atoms with Crippen LogP contribution in [-0.2, 0) is 6.42 Å². The lowest BCUT2D eigenvalue weighted by Gasteiger charge is -2.03. The summed E-state index contributed by atoms with van der Waals surface area (Å²) in [6.45, 7) is 0. The first-order chi connectivity index (χ1) is 8.75. The Morgan fingerprint density at radius 2 is 1.44 bits per heavy atom. The molecule has 0 saturated heterocycles. The van der Waals surface area contributed by atoms with Gasteiger partial charge in [0.2, 0.25) is 0 Å². The molecule has 0 spiro atoms. The summed E-state index contributed by atoms with van der Waals surface area (Å²) in [5, 5.41) is 0. The first kappa shape index (κ1) is 12.5. The van der Waals surface area contributed by atoms with Gasteiger partial charge in [0, 0.05) is 0 Å². The van der Waals surface area contributed by atoms with Crippen LogP contribution in [0, 0.1) is 0 Å². The second-order valence-electron chi connectivity index (χ2n) is 4.10. The van der Waals surface area contributed by atoms with Crippen LogP contribution >= 0.6 is 0 Å². The van der Waals surface area contributed by atoms with E-state index in [0.717, 1.165) is 17.2 Å². The molecule has 0 aromatic heterocycles. The summed E-state index contributed by atoms with van der Waals surface area (Å²) in [7, 11) is 0. The Kier molecular flexibility index (Phi) is 4.24. The molecule has 0 N–H and O–H groups in total. The van der Waals surface area contributed by atoms with Gasteiger partial charge in [0.1, 0.15) is 0 Å². The Bertz CT molecular complexity index is 509. The number of allylic oxidation sites excluding steroid dienone is 1. The van der Waals surface area contributed by atoms with Crippen LogP contribution in [0.15, 0.2) is 66.8 Å². The van der Waals surface area contributed by atoms with E-state index in [1.807, 2.05) is 42.5 Å². The summed E-state index contributed by atoms with van der Waals surface area (Å²) >= 11 is 0. The highest BCUT2D eigenvalue weighted by Gasteiger charge is 1.97. The van der Waals surface area contributed by atoms with Crippen molar-refractivity contribution in [3.8, 4) is 11.1 Å². The van der Waals surface area contributed by atoms with Crippen molar-refractivity contribution in [3.63, 3.8) is 0 Å². The molecule has 0 aliphatic rings. The number of halogens is 2. The fourth-order valence-corrected chi connectivity index (χ4v) is 1.84. The fourth-order valence-electron chi connectivity index (χ4n) is 1.84. The number of hydrogen-bond donors (Lipinski definition) is 0. The van der Waals surface area contributed by atoms with E-state index in [1.54, 1.807) is 0 Å². The van der Waals surface area contributed by atoms with Gasteiger partial charge in [-0.05, 0) is 35.6 Å². The van der Waals surface area contributed by atoms with Gasteiger partial charge in [-0.2, -0.15) is 8.78 Å². The Morgan fingerprint density at radius 1 is 0.833 bits per heavy atom. The third-order valence-corrected chi connectivity index (χ3v) is 2.79. The summed E-state index contributed by atoms with van der Waals surface area (Å²) < 4.78 is 23.8. The highest BCUT2D eigenvalue weighted by atomic mass is 19.3. The lowest BCUT2D eigenvalue weighted by molar-refractivity contribution is 0.417. The molecule has 2 aromatic rings. The molecule has 18 heavy (non-hydrogen) atoms. The minimum atomic E-state index is -1.60. The third kappa shape index (κ3) is 3.52. The molecule has 0 unspecified atom stereocenters. The molecule has 92 valence electrons. The van der Waals surface area contributed by atoms with Crippen molar-refractivity contribution in [2.75, 3.05) is 0 Å². The standard InChI is InChI=1S/C16H14F2/c17-16(18)8-4-5-13-9-11-15(12-10-13)14-6-2-1-3-7-14/h1-3,6-12H,4-5H2. The van der Waals surface area contributed by atoms with E-state index in [0.29, 0.717) is 12.8 Å². The zero-order chi connectivity index (χ0) is 12.8. The average molecular weight is 244 g/mol. The minimum Gasteiger partial charge on any atom is -0.174 e. The van der Waals surface area contributed by atoms with Gasteiger partial charge in [0.25, 0.3) is 6.08 Å². The van der Waals surface area contributed by atoms with Crippen LogP contribution < -0.4 is 0 Å². The SMILES string of the molecule is FC(F)=CCCc1ccc(-c2ccccc2)cc1. The van der Waals surface area contributed by atoms with Gasteiger partial charge < -0.3 is 0 Å². The summed E-state index contributed by atoms with van der Waals surface area (Å²) in [5.41, 5.74) is 3.39. The highest BCUT2D eigenvalue weighted by Crippen LogP contribution is 2.19. The summed E-state index contributed by atoms with van der Waals surface area (Å²) in [6.07, 6.45) is 0.390. The maximum atomic E-state index is 11.9. The molecule has 0 fully saturated rings. The average Bonchev–Trinajstić information content (AvgIpc) is 2.40. The monoisotopic (exact) mass is 244 g/mol. The van der Waals surface area contributed by atoms with Crippen molar-refractivity contribution < 1.29 is 8.78 Å². The predicted octanol–water partition coefficient (Wildman–Crippen LogP) is 5.07. The normalized spacial score (nSPS) is 10.1. The zero-order valence-corrected chi connectivity index (χ0v) is 9.94. The summed E-state index contributed by atoms with van der Waals surface area (Å²) in [4.78, 5) is 0. The van der Waals surface area contributed by atoms with Crippen LogP contribution in [0.2, 0.25) is 0 Å². The Labute approximate surface area is 106 Å². The first-order valence-electron chi connectivity index (χ1n) is 5.91. The van der Waals surface area contributed by atoms with Gasteiger partial charge in [0.05, 0.1) is 0 Å². The van der Waals surface area contributed by atoms with Crippen molar-refractivity contribution in [1.29, 1.82) is 0 Å². The van der Waals surface area contributed by atoms with Gasteiger partial charge in [0.15, 0.2) is 0 Å². The molecule has 2 heteroatoms. The minimum absolute atomic E-state index is 0.382. The first-order valence-corrected chi connectivity index (χ1v) is 5.91. The highest BCUT2D eigenvalue weighted by molar-refractivity contribution is 5.63. The van der Waals surface area contributed by atoms with Crippen LogP contribution in [0.4, 0.5) is 8.78 Å². The summed E-state index contributed by atoms with van der Waals surface area (Å²) in [6, 6.07) is 18.1. The number of benzene rings is 2. The van der Waals surface area contributed by atoms with Crippen LogP contribution in [0.1, 0.15) is 12.0 Å². The quantitative estimate of drug-likeness (QED) is 0.704. The van der Waals surface area contributed by atoms with Crippen LogP contribution in [0.5, 0.6) is 0 Å². The molecule has 0 amide bonds. The Hall–Kier alpha value is -1.96. The molecule has 0 aliphatic heterocycles. The van der Waals surface area contributed by atoms with E-state index >= 15 is 0 Å². The van der Waals surface area contributed by atoms with Crippen molar-refractivity contribution >= 4 is 0 Å². The van der Waals surface area contributed by atoms with Gasteiger partial charge in [-0.15, -0.1) is 0 Å². The van der Waals surface area contributed by atoms with Crippen molar-refractivity contribution in [3.05, 3.63) is 72.3 Å². The molecule has 0 radical (unpaired) electrons. The summed E-state index contributed by atoms with van der Waals surface area (Å²) in [5.74, 6) is 0. The molecule has 0 heterocycles. The Balaban J connectivity index is 2.04. The molecule has 0 saturated carbocycles. The van der Waals surface area contributed by atoms with Gasteiger partial charge in [-0.25, -0.2) is 0 Å². The molecule has 0 nitrogen and oxygen atoms in total. The zero-order valence-electron chi connectivity index (χ0n) is 9.94. The smallest absolute Gasteiger partial charge is 0.174 e. The van der Waals surface area contributed by atoms with Crippen molar-refractivity contribution in [1.82, 2.24) is 0 Å². The Morgan fingerprint density at radius 3 is 2.06 bits per heavy atom. The molecule has 0 aliphatic carbocycles. The lowest BCUT2D eigenvalue weighted by atomic mass is 10.0. The number of aryl methyl sites for hydroxylation is 1. The van der Waals surface area contributed by atoms with E-state index in [9.17, 15) is 8.78 Å². The number of hydrogen-bond acceptors (Lipinski definition) is 0. The van der Waals surface area contributed by atoms with E-state index in [-0.39, 0.29) is 0 Å². The molecule has 2 aromatic carbocycles. The van der Waals surface area contributed by atoms with E-state index in [1.165, 1.54) is 5.56 Å². The third-order valence-electron chi connectivity index (χ3n) is 2.79. The second kappa shape index (κ2) is 6.10. The molecule has 2 rings (SSSR count). The number of rotatable bonds is 4. The van der Waals surface area contributed by atoms with Gasteiger partial charge in [-0.3, -0.25) is 0 Å². The van der Waals surface area contributed by atoms with E-state index in [2.05, 4.69) is 12.1 Å². The van der Waals surface area contributed by atoms with Gasteiger partial charge >= 0.3 is 0 Å². The second-order valence-corrected chi connectivity index (χ2v) is 4.10. The van der Waals surface area contributed by atoms with Crippen molar-refractivity contribution in [2.24, 2.45) is 0 Å². The van der Waals surface area contributed by atoms with Gasteiger partial charge in [-0.1, -0.05) is 54.6 Å². The van der Waals surface area contributed by atoms with Crippen LogP contribution in [0.3, 0.4) is 0 Å². The molecular formula is C16H14F2. The predicted molar refractivity (Wildman–Crippen MR) is 70.5 cm³/mol.